The number of ether oxygens (including phenoxy) is 1. The van der Waals surface area contributed by atoms with Crippen LogP contribution in [0.15, 0.2) is 28.7 Å². The molecule has 0 radical (unpaired) electrons. The minimum atomic E-state index is -0.422. The highest BCUT2D eigenvalue weighted by Gasteiger charge is 2.31. The molecule has 0 saturated carbocycles. The molecule has 1 heterocycles. The van der Waals surface area contributed by atoms with Crippen LogP contribution < -0.4 is 4.74 Å². The Morgan fingerprint density at radius 3 is 2.19 bits per heavy atom. The Kier molecular flexibility index (Phi) is 5.61. The molecule has 6 heteroatoms. The number of hydrogen-bond donors (Lipinski definition) is 0. The molecule has 1 aromatic rings. The van der Waals surface area contributed by atoms with E-state index >= 15 is 0 Å². The molecule has 1 aromatic carbocycles. The minimum absolute atomic E-state index is 0.383. The molecule has 1 fully saturated rings. The van der Waals surface area contributed by atoms with Gasteiger partial charge in [-0.25, -0.2) is 0 Å². The predicted molar refractivity (Wildman–Crippen MR) is 83.1 cm³/mol. The van der Waals surface area contributed by atoms with Gasteiger partial charge in [-0.3, -0.25) is 9.59 Å². The van der Waals surface area contributed by atoms with E-state index in [2.05, 4.69) is 15.9 Å². The van der Waals surface area contributed by atoms with Crippen molar-refractivity contribution in [2.45, 2.75) is 13.3 Å². The number of carbonyl (C=O) groups is 2. The Hall–Kier alpha value is -1.56. The van der Waals surface area contributed by atoms with E-state index in [1.807, 2.05) is 31.2 Å². The lowest BCUT2D eigenvalue weighted by Crippen LogP contribution is -2.55. The highest BCUT2D eigenvalue weighted by atomic mass is 79.9. The van der Waals surface area contributed by atoms with Gasteiger partial charge in [0.05, 0.1) is 6.54 Å². The molecular weight excluding hydrogens is 336 g/mol. The molecule has 0 unspecified atom stereocenters. The molecule has 1 saturated heterocycles. The molecular formula is C15H19BrN2O3. The van der Waals surface area contributed by atoms with Crippen molar-refractivity contribution in [2.24, 2.45) is 0 Å². The van der Waals surface area contributed by atoms with Gasteiger partial charge in [0.2, 0.25) is 0 Å². The van der Waals surface area contributed by atoms with Gasteiger partial charge in [-0.15, -0.1) is 0 Å². The highest BCUT2D eigenvalue weighted by Crippen LogP contribution is 2.16. The topological polar surface area (TPSA) is 49.9 Å². The first-order chi connectivity index (χ1) is 10.1. The molecule has 5 nitrogen and oxygen atoms in total. The molecule has 0 N–H and O–H groups in total. The van der Waals surface area contributed by atoms with Crippen LogP contribution in [-0.2, 0) is 9.59 Å². The molecule has 1 aliphatic rings. The van der Waals surface area contributed by atoms with Crippen molar-refractivity contribution in [2.75, 3.05) is 32.8 Å². The zero-order valence-electron chi connectivity index (χ0n) is 12.0. The highest BCUT2D eigenvalue weighted by molar-refractivity contribution is 9.10. The maximum atomic E-state index is 12.0. The van der Waals surface area contributed by atoms with Gasteiger partial charge in [0.1, 0.15) is 12.4 Å². The van der Waals surface area contributed by atoms with Crippen molar-refractivity contribution in [3.05, 3.63) is 28.7 Å². The number of nitrogens with zero attached hydrogens (tertiary/aromatic N) is 2. The number of halogens is 1. The Balaban J connectivity index is 1.80. The molecule has 0 spiro atoms. The lowest BCUT2D eigenvalue weighted by molar-refractivity contribution is -0.156. The van der Waals surface area contributed by atoms with E-state index in [0.717, 1.165) is 16.6 Å². The predicted octanol–water partition coefficient (Wildman–Crippen LogP) is 1.91. The van der Waals surface area contributed by atoms with Crippen LogP contribution in [0.4, 0.5) is 0 Å². The number of benzene rings is 1. The van der Waals surface area contributed by atoms with Gasteiger partial charge in [-0.2, -0.15) is 0 Å². The van der Waals surface area contributed by atoms with E-state index in [4.69, 9.17) is 4.74 Å². The van der Waals surface area contributed by atoms with Crippen molar-refractivity contribution in [3.63, 3.8) is 0 Å². The van der Waals surface area contributed by atoms with Crippen LogP contribution in [-0.4, -0.2) is 54.4 Å². The monoisotopic (exact) mass is 354 g/mol. The van der Waals surface area contributed by atoms with Crippen LogP contribution in [0, 0.1) is 0 Å². The zero-order chi connectivity index (χ0) is 15.2. The van der Waals surface area contributed by atoms with Gasteiger partial charge in [-0.05, 0) is 30.7 Å². The van der Waals surface area contributed by atoms with E-state index in [1.165, 1.54) is 0 Å². The zero-order valence-corrected chi connectivity index (χ0v) is 13.6. The summed E-state index contributed by atoms with van der Waals surface area (Å²) in [6.45, 7) is 4.64. The first-order valence-electron chi connectivity index (χ1n) is 7.08. The number of piperazine rings is 1. The van der Waals surface area contributed by atoms with Crippen molar-refractivity contribution in [3.8, 4) is 5.75 Å². The molecule has 1 aliphatic heterocycles. The van der Waals surface area contributed by atoms with Crippen molar-refractivity contribution < 1.29 is 14.3 Å². The van der Waals surface area contributed by atoms with Gasteiger partial charge in [0.15, 0.2) is 0 Å². The second-order valence-corrected chi connectivity index (χ2v) is 5.80. The van der Waals surface area contributed by atoms with Crippen LogP contribution in [0.25, 0.3) is 0 Å². The lowest BCUT2D eigenvalue weighted by Gasteiger charge is -2.33. The minimum Gasteiger partial charge on any atom is -0.492 e. The third-order valence-electron chi connectivity index (χ3n) is 3.33. The largest absolute Gasteiger partial charge is 0.492 e. The van der Waals surface area contributed by atoms with E-state index in [0.29, 0.717) is 32.8 Å². The maximum Gasteiger partial charge on any atom is 0.312 e. The molecule has 0 aliphatic carbocycles. The van der Waals surface area contributed by atoms with E-state index in [9.17, 15) is 9.59 Å². The Bertz CT molecular complexity index is 504. The van der Waals surface area contributed by atoms with Crippen molar-refractivity contribution in [1.82, 2.24) is 9.80 Å². The summed E-state index contributed by atoms with van der Waals surface area (Å²) in [4.78, 5) is 27.0. The summed E-state index contributed by atoms with van der Waals surface area (Å²) in [5, 5.41) is 0. The summed E-state index contributed by atoms with van der Waals surface area (Å²) < 4.78 is 6.57. The molecule has 2 amide bonds. The van der Waals surface area contributed by atoms with Crippen LogP contribution in [0.1, 0.15) is 13.3 Å². The molecule has 0 atom stereocenters. The third kappa shape index (κ3) is 4.20. The third-order valence-corrected chi connectivity index (χ3v) is 3.86. The SMILES string of the molecule is CCCN1CCN(CCOc2ccc(Br)cc2)C(=O)C1=O. The van der Waals surface area contributed by atoms with Crippen LogP contribution in [0.3, 0.4) is 0 Å². The first kappa shape index (κ1) is 15.8. The van der Waals surface area contributed by atoms with Gasteiger partial charge >= 0.3 is 11.8 Å². The van der Waals surface area contributed by atoms with Gasteiger partial charge in [0.25, 0.3) is 0 Å². The maximum absolute atomic E-state index is 12.0. The first-order valence-corrected chi connectivity index (χ1v) is 7.87. The average Bonchev–Trinajstić information content (AvgIpc) is 2.48. The quantitative estimate of drug-likeness (QED) is 0.733. The van der Waals surface area contributed by atoms with Gasteiger partial charge in [0, 0.05) is 24.1 Å². The molecule has 21 heavy (non-hydrogen) atoms. The summed E-state index contributed by atoms with van der Waals surface area (Å²) in [5.74, 6) is -0.0672. The summed E-state index contributed by atoms with van der Waals surface area (Å²) in [6.07, 6.45) is 0.867. The number of amides is 2. The number of hydrogen-bond acceptors (Lipinski definition) is 3. The van der Waals surface area contributed by atoms with E-state index < -0.39 is 11.8 Å². The Labute approximate surface area is 133 Å². The fourth-order valence-electron chi connectivity index (χ4n) is 2.22. The number of rotatable bonds is 6. The Morgan fingerprint density at radius 1 is 1.05 bits per heavy atom. The smallest absolute Gasteiger partial charge is 0.312 e. The molecule has 114 valence electrons. The van der Waals surface area contributed by atoms with Gasteiger partial charge in [-0.1, -0.05) is 22.9 Å². The molecule has 2 rings (SSSR count). The molecule has 0 aromatic heterocycles. The summed E-state index contributed by atoms with van der Waals surface area (Å²) in [7, 11) is 0. The fraction of sp³-hybridized carbons (Fsp3) is 0.467. The molecule has 0 bridgehead atoms. The standard InChI is InChI=1S/C15H19BrN2O3/c1-2-7-17-8-9-18(15(20)14(17)19)10-11-21-13-5-3-12(16)4-6-13/h3-6H,2,7-11H2,1H3. The average molecular weight is 355 g/mol. The second kappa shape index (κ2) is 7.45. The van der Waals surface area contributed by atoms with E-state index in [1.54, 1.807) is 9.80 Å². The lowest BCUT2D eigenvalue weighted by atomic mass is 10.2. The van der Waals surface area contributed by atoms with E-state index in [-0.39, 0.29) is 0 Å². The summed E-state index contributed by atoms with van der Waals surface area (Å²) in [6, 6.07) is 7.51. The number of carbonyl (C=O) groups excluding carboxylic acids is 2. The summed E-state index contributed by atoms with van der Waals surface area (Å²) >= 11 is 3.36. The van der Waals surface area contributed by atoms with Crippen molar-refractivity contribution >= 4 is 27.7 Å². The van der Waals surface area contributed by atoms with Gasteiger partial charge < -0.3 is 14.5 Å². The van der Waals surface area contributed by atoms with Crippen LogP contribution in [0.5, 0.6) is 5.75 Å². The normalized spacial score (nSPS) is 15.5. The fourth-order valence-corrected chi connectivity index (χ4v) is 2.48. The second-order valence-electron chi connectivity index (χ2n) is 4.89. The van der Waals surface area contributed by atoms with Crippen molar-refractivity contribution in [1.29, 1.82) is 0 Å². The Morgan fingerprint density at radius 2 is 1.62 bits per heavy atom. The van der Waals surface area contributed by atoms with Crippen LogP contribution >= 0.6 is 15.9 Å². The summed E-state index contributed by atoms with van der Waals surface area (Å²) in [5.41, 5.74) is 0. The van der Waals surface area contributed by atoms with Crippen LogP contribution in [0.2, 0.25) is 0 Å².